The van der Waals surface area contributed by atoms with Gasteiger partial charge in [0.1, 0.15) is 17.7 Å². The molecule has 0 bridgehead atoms. The Labute approximate surface area is 122 Å². The SMILES string of the molecule is N#CC(C#N)=CNc1cc(N2CCOCC2)ccc1Cl. The number of anilines is 2. The van der Waals surface area contributed by atoms with Gasteiger partial charge in [-0.15, -0.1) is 0 Å². The van der Waals surface area contributed by atoms with Crippen LogP contribution in [-0.4, -0.2) is 26.3 Å². The van der Waals surface area contributed by atoms with Crippen molar-refractivity contribution in [3.8, 4) is 12.1 Å². The molecule has 0 radical (unpaired) electrons. The molecule has 0 atom stereocenters. The third-order valence-corrected chi connectivity index (χ3v) is 3.27. The molecule has 1 N–H and O–H groups in total. The van der Waals surface area contributed by atoms with E-state index >= 15 is 0 Å². The molecule has 20 heavy (non-hydrogen) atoms. The molecule has 2 rings (SSSR count). The summed E-state index contributed by atoms with van der Waals surface area (Å²) in [5.74, 6) is 0. The lowest BCUT2D eigenvalue weighted by Crippen LogP contribution is -2.36. The van der Waals surface area contributed by atoms with Crippen LogP contribution in [0.2, 0.25) is 5.02 Å². The standard InChI is InChI=1S/C14H13ClN4O/c15-13-2-1-12(19-3-5-20-6-4-19)7-14(13)18-10-11(8-16)9-17/h1-2,7,10,18H,3-6H2. The van der Waals surface area contributed by atoms with Crippen LogP contribution in [0.3, 0.4) is 0 Å². The molecule has 1 aromatic carbocycles. The molecule has 1 aliphatic rings. The van der Waals surface area contributed by atoms with Gasteiger partial charge in [-0.3, -0.25) is 0 Å². The fraction of sp³-hybridized carbons (Fsp3) is 0.286. The number of nitriles is 2. The van der Waals surface area contributed by atoms with Crippen molar-refractivity contribution in [2.45, 2.75) is 0 Å². The fourth-order valence-electron chi connectivity index (χ4n) is 1.88. The average molecular weight is 289 g/mol. The van der Waals surface area contributed by atoms with Gasteiger partial charge in [0.2, 0.25) is 0 Å². The maximum absolute atomic E-state index is 8.70. The molecular weight excluding hydrogens is 276 g/mol. The Morgan fingerprint density at radius 1 is 1.30 bits per heavy atom. The van der Waals surface area contributed by atoms with Crippen LogP contribution in [0.4, 0.5) is 11.4 Å². The molecule has 0 spiro atoms. The van der Waals surface area contributed by atoms with Crippen molar-refractivity contribution in [1.29, 1.82) is 10.5 Å². The predicted octanol–water partition coefficient (Wildman–Crippen LogP) is 2.52. The van der Waals surface area contributed by atoms with Crippen molar-refractivity contribution < 1.29 is 4.74 Å². The Kier molecular flexibility index (Phi) is 4.84. The summed E-state index contributed by atoms with van der Waals surface area (Å²) in [5, 5.41) is 20.8. The van der Waals surface area contributed by atoms with Crippen LogP contribution in [-0.2, 0) is 4.74 Å². The van der Waals surface area contributed by atoms with Gasteiger partial charge in [0.25, 0.3) is 0 Å². The molecule has 0 saturated carbocycles. The summed E-state index contributed by atoms with van der Waals surface area (Å²) in [5.41, 5.74) is 1.69. The zero-order chi connectivity index (χ0) is 14.4. The smallest absolute Gasteiger partial charge is 0.145 e. The van der Waals surface area contributed by atoms with Gasteiger partial charge in [0.15, 0.2) is 0 Å². The van der Waals surface area contributed by atoms with Gasteiger partial charge in [-0.1, -0.05) is 11.6 Å². The van der Waals surface area contributed by atoms with Gasteiger partial charge in [-0.25, -0.2) is 0 Å². The molecule has 1 saturated heterocycles. The minimum atomic E-state index is -0.00200. The van der Waals surface area contributed by atoms with Gasteiger partial charge in [-0.05, 0) is 18.2 Å². The highest BCUT2D eigenvalue weighted by Gasteiger charge is 2.12. The number of hydrogen-bond acceptors (Lipinski definition) is 5. The monoisotopic (exact) mass is 288 g/mol. The number of ether oxygens (including phenoxy) is 1. The maximum Gasteiger partial charge on any atom is 0.145 e. The van der Waals surface area contributed by atoms with Crippen LogP contribution in [0.15, 0.2) is 30.0 Å². The van der Waals surface area contributed by atoms with Crippen LogP contribution < -0.4 is 10.2 Å². The first-order valence-electron chi connectivity index (χ1n) is 6.13. The number of allylic oxidation sites excluding steroid dienone is 1. The van der Waals surface area contributed by atoms with Crippen LogP contribution in [0.1, 0.15) is 0 Å². The Balaban J connectivity index is 2.19. The summed E-state index contributed by atoms with van der Waals surface area (Å²) < 4.78 is 5.32. The van der Waals surface area contributed by atoms with Crippen molar-refractivity contribution in [2.24, 2.45) is 0 Å². The van der Waals surface area contributed by atoms with E-state index in [0.717, 1.165) is 18.8 Å². The highest BCUT2D eigenvalue weighted by atomic mass is 35.5. The number of hydrogen-bond donors (Lipinski definition) is 1. The van der Waals surface area contributed by atoms with Crippen molar-refractivity contribution in [2.75, 3.05) is 36.5 Å². The second kappa shape index (κ2) is 6.81. The predicted molar refractivity (Wildman–Crippen MR) is 77.4 cm³/mol. The first kappa shape index (κ1) is 14.2. The maximum atomic E-state index is 8.70. The topological polar surface area (TPSA) is 72.1 Å². The largest absolute Gasteiger partial charge is 0.378 e. The minimum absolute atomic E-state index is 0.00200. The van der Waals surface area contributed by atoms with E-state index in [9.17, 15) is 0 Å². The molecule has 6 heteroatoms. The first-order valence-corrected chi connectivity index (χ1v) is 6.51. The van der Waals surface area contributed by atoms with Gasteiger partial charge in [0.05, 0.1) is 23.9 Å². The quantitative estimate of drug-likeness (QED) is 0.865. The molecule has 0 aliphatic carbocycles. The van der Waals surface area contributed by atoms with E-state index in [4.69, 9.17) is 26.9 Å². The lowest BCUT2D eigenvalue weighted by molar-refractivity contribution is 0.122. The van der Waals surface area contributed by atoms with Crippen LogP contribution in [0.25, 0.3) is 0 Å². The van der Waals surface area contributed by atoms with Crippen molar-refractivity contribution >= 4 is 23.0 Å². The Morgan fingerprint density at radius 2 is 2.00 bits per heavy atom. The first-order chi connectivity index (χ1) is 9.74. The van der Waals surface area contributed by atoms with Crippen molar-refractivity contribution in [3.05, 3.63) is 35.0 Å². The summed E-state index contributed by atoms with van der Waals surface area (Å²) in [6.45, 7) is 3.08. The fourth-order valence-corrected chi connectivity index (χ4v) is 2.05. The third kappa shape index (κ3) is 3.42. The highest BCUT2D eigenvalue weighted by molar-refractivity contribution is 6.33. The van der Waals surface area contributed by atoms with E-state index in [-0.39, 0.29) is 5.57 Å². The molecule has 1 aliphatic heterocycles. The van der Waals surface area contributed by atoms with Crippen LogP contribution in [0.5, 0.6) is 0 Å². The van der Waals surface area contributed by atoms with Crippen molar-refractivity contribution in [1.82, 2.24) is 0 Å². The van der Waals surface area contributed by atoms with Gasteiger partial charge >= 0.3 is 0 Å². The molecule has 102 valence electrons. The molecule has 0 amide bonds. The molecule has 1 aromatic rings. The second-order valence-electron chi connectivity index (χ2n) is 4.19. The van der Waals surface area contributed by atoms with E-state index in [2.05, 4.69) is 10.2 Å². The third-order valence-electron chi connectivity index (χ3n) is 2.94. The number of rotatable bonds is 3. The summed E-state index contributed by atoms with van der Waals surface area (Å²) in [7, 11) is 0. The zero-order valence-corrected chi connectivity index (χ0v) is 11.5. The summed E-state index contributed by atoms with van der Waals surface area (Å²) in [6.07, 6.45) is 1.35. The summed E-state index contributed by atoms with van der Waals surface area (Å²) >= 11 is 6.10. The highest BCUT2D eigenvalue weighted by Crippen LogP contribution is 2.28. The average Bonchev–Trinajstić information content (AvgIpc) is 2.51. The second-order valence-corrected chi connectivity index (χ2v) is 4.60. The molecule has 1 heterocycles. The number of nitrogens with zero attached hydrogens (tertiary/aromatic N) is 3. The number of halogens is 1. The van der Waals surface area contributed by atoms with Gasteiger partial charge in [0, 0.05) is 25.0 Å². The Hall–Kier alpha value is -2.21. The minimum Gasteiger partial charge on any atom is -0.378 e. The lowest BCUT2D eigenvalue weighted by atomic mass is 10.2. The lowest BCUT2D eigenvalue weighted by Gasteiger charge is -2.29. The zero-order valence-electron chi connectivity index (χ0n) is 10.8. The van der Waals surface area contributed by atoms with E-state index < -0.39 is 0 Å². The Bertz CT molecular complexity index is 578. The number of benzene rings is 1. The molecule has 0 unspecified atom stereocenters. The van der Waals surface area contributed by atoms with E-state index in [1.807, 2.05) is 12.1 Å². The van der Waals surface area contributed by atoms with Crippen LogP contribution >= 0.6 is 11.6 Å². The molecule has 0 aromatic heterocycles. The van der Waals surface area contributed by atoms with E-state index in [1.165, 1.54) is 6.20 Å². The molecular formula is C14H13ClN4O. The number of morpholine rings is 1. The summed E-state index contributed by atoms with van der Waals surface area (Å²) in [4.78, 5) is 2.20. The van der Waals surface area contributed by atoms with Crippen molar-refractivity contribution in [3.63, 3.8) is 0 Å². The van der Waals surface area contributed by atoms with Crippen LogP contribution in [0, 0.1) is 22.7 Å². The number of nitrogens with one attached hydrogen (secondary N) is 1. The summed E-state index contributed by atoms with van der Waals surface area (Å²) in [6, 6.07) is 9.21. The van der Waals surface area contributed by atoms with E-state index in [1.54, 1.807) is 18.2 Å². The van der Waals surface area contributed by atoms with E-state index in [0.29, 0.717) is 23.9 Å². The van der Waals surface area contributed by atoms with Gasteiger partial charge in [-0.2, -0.15) is 10.5 Å². The van der Waals surface area contributed by atoms with Gasteiger partial charge < -0.3 is 15.0 Å². The molecule has 1 fully saturated rings. The normalized spacial score (nSPS) is 14.1. The molecule has 5 nitrogen and oxygen atoms in total. The Morgan fingerprint density at radius 3 is 2.65 bits per heavy atom.